The van der Waals surface area contributed by atoms with Gasteiger partial charge in [0.05, 0.1) is 0 Å². The standard InChI is InChI=1S/C49H31N3O/c1-2-12-31(13-3-1)47-50-48(35-22-21-30-11-4-5-14-32(30)27-35)52-49(51-47)41-19-10-20-45-46(41)43-29-34(24-26-44(43)53-45)33-23-25-40-38-17-7-6-15-36(38)37-16-8-9-18-39(37)42(40)28-33/h1-3,5-10,12-29H,4,11H2. The molecule has 53 heavy (non-hydrogen) atoms. The molecule has 0 bridgehead atoms. The van der Waals surface area contributed by atoms with Crippen LogP contribution in [0, 0.1) is 0 Å². The third-order valence-corrected chi connectivity index (χ3v) is 10.8. The van der Waals surface area contributed by atoms with E-state index >= 15 is 0 Å². The summed E-state index contributed by atoms with van der Waals surface area (Å²) in [6.07, 6.45) is 6.56. The molecular weight excluding hydrogens is 647 g/mol. The van der Waals surface area contributed by atoms with Crippen LogP contribution in [0.4, 0.5) is 0 Å². The summed E-state index contributed by atoms with van der Waals surface area (Å²) in [6, 6.07) is 53.7. The lowest BCUT2D eigenvalue weighted by atomic mass is 9.92. The molecule has 0 unspecified atom stereocenters. The van der Waals surface area contributed by atoms with Crippen molar-refractivity contribution < 1.29 is 4.42 Å². The van der Waals surface area contributed by atoms with Crippen molar-refractivity contribution in [2.75, 3.05) is 0 Å². The minimum absolute atomic E-state index is 0.616. The Bertz CT molecular complexity index is 3090. The number of nitrogens with zero attached hydrogens (tertiary/aromatic N) is 3. The van der Waals surface area contributed by atoms with Gasteiger partial charge in [-0.2, -0.15) is 0 Å². The molecule has 0 atom stereocenters. The molecule has 4 heteroatoms. The molecule has 8 aromatic carbocycles. The van der Waals surface area contributed by atoms with Crippen molar-refractivity contribution in [3.8, 4) is 45.3 Å². The maximum atomic E-state index is 6.49. The van der Waals surface area contributed by atoms with E-state index in [1.807, 2.05) is 42.5 Å². The first-order valence-electron chi connectivity index (χ1n) is 18.2. The molecule has 0 amide bonds. The summed E-state index contributed by atoms with van der Waals surface area (Å²) in [6.45, 7) is 0. The molecule has 1 aliphatic carbocycles. The Balaban J connectivity index is 1.11. The summed E-state index contributed by atoms with van der Waals surface area (Å²) in [4.78, 5) is 15.3. The first kappa shape index (κ1) is 29.8. The fourth-order valence-corrected chi connectivity index (χ4v) is 8.19. The zero-order valence-electron chi connectivity index (χ0n) is 28.8. The topological polar surface area (TPSA) is 51.8 Å². The molecule has 0 fully saturated rings. The van der Waals surface area contributed by atoms with Gasteiger partial charge in [-0.25, -0.2) is 15.0 Å². The molecule has 0 saturated carbocycles. The van der Waals surface area contributed by atoms with Crippen LogP contribution in [0.25, 0.3) is 106 Å². The van der Waals surface area contributed by atoms with Gasteiger partial charge < -0.3 is 4.42 Å². The van der Waals surface area contributed by atoms with Crippen molar-refractivity contribution in [2.24, 2.45) is 0 Å². The van der Waals surface area contributed by atoms with Gasteiger partial charge in [0.1, 0.15) is 11.2 Å². The Hall–Kier alpha value is -6.91. The van der Waals surface area contributed by atoms with E-state index in [9.17, 15) is 0 Å². The number of allylic oxidation sites excluding steroid dienone is 1. The van der Waals surface area contributed by atoms with E-state index < -0.39 is 0 Å². The highest BCUT2D eigenvalue weighted by atomic mass is 16.3. The molecule has 0 N–H and O–H groups in total. The number of hydrogen-bond acceptors (Lipinski definition) is 4. The van der Waals surface area contributed by atoms with Crippen LogP contribution in [-0.2, 0) is 6.42 Å². The molecule has 4 nitrogen and oxygen atoms in total. The first-order valence-corrected chi connectivity index (χ1v) is 18.2. The van der Waals surface area contributed by atoms with Crippen molar-refractivity contribution in [2.45, 2.75) is 12.8 Å². The van der Waals surface area contributed by atoms with E-state index in [1.54, 1.807) is 0 Å². The fourth-order valence-electron chi connectivity index (χ4n) is 8.19. The second kappa shape index (κ2) is 11.8. The van der Waals surface area contributed by atoms with Gasteiger partial charge >= 0.3 is 0 Å². The quantitative estimate of drug-likeness (QED) is 0.174. The summed E-state index contributed by atoms with van der Waals surface area (Å²) in [5, 5.41) is 9.61. The van der Waals surface area contributed by atoms with Crippen molar-refractivity contribution in [1.29, 1.82) is 0 Å². The minimum Gasteiger partial charge on any atom is -0.456 e. The summed E-state index contributed by atoms with van der Waals surface area (Å²) < 4.78 is 6.49. The van der Waals surface area contributed by atoms with Crippen LogP contribution < -0.4 is 0 Å². The Morgan fingerprint density at radius 3 is 1.81 bits per heavy atom. The number of rotatable bonds is 4. The van der Waals surface area contributed by atoms with Gasteiger partial charge in [0.25, 0.3) is 0 Å². The number of benzene rings is 8. The van der Waals surface area contributed by atoms with Crippen LogP contribution in [0.3, 0.4) is 0 Å². The highest BCUT2D eigenvalue weighted by Crippen LogP contribution is 2.41. The molecule has 0 spiro atoms. The van der Waals surface area contributed by atoms with Gasteiger partial charge in [-0.1, -0.05) is 133 Å². The third-order valence-electron chi connectivity index (χ3n) is 10.8. The average Bonchev–Trinajstić information content (AvgIpc) is 3.62. The molecule has 1 aliphatic rings. The number of fused-ring (bicyclic) bond motifs is 10. The Kier molecular flexibility index (Phi) is 6.65. The average molecular weight is 678 g/mol. The van der Waals surface area contributed by atoms with E-state index in [0.717, 1.165) is 62.6 Å². The lowest BCUT2D eigenvalue weighted by Crippen LogP contribution is -2.01. The molecule has 11 rings (SSSR count). The number of aromatic nitrogens is 3. The highest BCUT2D eigenvalue weighted by molar-refractivity contribution is 6.25. The molecule has 0 aliphatic heterocycles. The summed E-state index contributed by atoms with van der Waals surface area (Å²) in [5.74, 6) is 1.90. The van der Waals surface area contributed by atoms with Crippen LogP contribution in [-0.4, -0.2) is 15.0 Å². The normalized spacial score (nSPS) is 12.7. The van der Waals surface area contributed by atoms with E-state index in [4.69, 9.17) is 19.4 Å². The third kappa shape index (κ3) is 4.87. The lowest BCUT2D eigenvalue weighted by molar-refractivity contribution is 0.669. The van der Waals surface area contributed by atoms with Crippen LogP contribution in [0.1, 0.15) is 17.5 Å². The van der Waals surface area contributed by atoms with Gasteiger partial charge in [-0.05, 0) is 97.7 Å². The summed E-state index contributed by atoms with van der Waals surface area (Å²) >= 11 is 0. The SMILES string of the molecule is C1=Cc2cc(-c3nc(-c4ccccc4)nc(-c4cccc5oc6ccc(-c7ccc8c9ccccc9c9ccccc9c8c7)cc6c45)n3)ccc2CC1. The van der Waals surface area contributed by atoms with Crippen LogP contribution in [0.5, 0.6) is 0 Å². The number of hydrogen-bond donors (Lipinski definition) is 0. The zero-order chi connectivity index (χ0) is 34.9. The van der Waals surface area contributed by atoms with E-state index in [2.05, 4.69) is 121 Å². The Morgan fingerprint density at radius 1 is 0.415 bits per heavy atom. The van der Waals surface area contributed by atoms with Crippen molar-refractivity contribution in [3.63, 3.8) is 0 Å². The van der Waals surface area contributed by atoms with E-state index in [-0.39, 0.29) is 0 Å². The van der Waals surface area contributed by atoms with Gasteiger partial charge in [-0.3, -0.25) is 0 Å². The predicted octanol–water partition coefficient (Wildman–Crippen LogP) is 12.9. The molecule has 248 valence electrons. The van der Waals surface area contributed by atoms with Gasteiger partial charge in [0.2, 0.25) is 0 Å². The second-order valence-corrected chi connectivity index (χ2v) is 13.9. The van der Waals surface area contributed by atoms with E-state index in [1.165, 1.54) is 43.4 Å². The molecule has 0 saturated heterocycles. The summed E-state index contributed by atoms with van der Waals surface area (Å²) in [5.41, 5.74) is 9.31. The molecule has 2 heterocycles. The highest BCUT2D eigenvalue weighted by Gasteiger charge is 2.19. The Labute approximate surface area is 305 Å². The van der Waals surface area contributed by atoms with Crippen LogP contribution >= 0.6 is 0 Å². The van der Waals surface area contributed by atoms with E-state index in [0.29, 0.717) is 17.5 Å². The second-order valence-electron chi connectivity index (χ2n) is 13.9. The molecule has 0 radical (unpaired) electrons. The Morgan fingerprint density at radius 2 is 1.04 bits per heavy atom. The monoisotopic (exact) mass is 677 g/mol. The zero-order valence-corrected chi connectivity index (χ0v) is 28.8. The number of furan rings is 1. The maximum absolute atomic E-state index is 6.49. The van der Waals surface area contributed by atoms with Crippen molar-refractivity contribution >= 4 is 60.3 Å². The van der Waals surface area contributed by atoms with Crippen molar-refractivity contribution in [3.05, 3.63) is 169 Å². The molecular formula is C49H31N3O. The lowest BCUT2D eigenvalue weighted by Gasteiger charge is -2.13. The first-order chi connectivity index (χ1) is 26.2. The predicted molar refractivity (Wildman–Crippen MR) is 219 cm³/mol. The van der Waals surface area contributed by atoms with Gasteiger partial charge in [0.15, 0.2) is 17.5 Å². The van der Waals surface area contributed by atoms with Crippen molar-refractivity contribution in [1.82, 2.24) is 15.0 Å². The fraction of sp³-hybridized carbons (Fsp3) is 0.0408. The number of aryl methyl sites for hydroxylation is 1. The molecule has 10 aromatic rings. The maximum Gasteiger partial charge on any atom is 0.164 e. The largest absolute Gasteiger partial charge is 0.456 e. The molecule has 2 aromatic heterocycles. The van der Waals surface area contributed by atoms with Crippen LogP contribution in [0.2, 0.25) is 0 Å². The smallest absolute Gasteiger partial charge is 0.164 e. The minimum atomic E-state index is 0.616. The van der Waals surface area contributed by atoms with Crippen LogP contribution in [0.15, 0.2) is 162 Å². The van der Waals surface area contributed by atoms with Gasteiger partial charge in [-0.15, -0.1) is 0 Å². The summed E-state index contributed by atoms with van der Waals surface area (Å²) in [7, 11) is 0. The van der Waals surface area contributed by atoms with Gasteiger partial charge in [0, 0.05) is 27.5 Å².